The zero-order valence-corrected chi connectivity index (χ0v) is 10.9. The molecule has 0 fully saturated rings. The van der Waals surface area contributed by atoms with Gasteiger partial charge in [0.2, 0.25) is 0 Å². The zero-order chi connectivity index (χ0) is 13.6. The lowest BCUT2D eigenvalue weighted by atomic mass is 10.2. The Morgan fingerprint density at radius 3 is 2.44 bits per heavy atom. The van der Waals surface area contributed by atoms with E-state index in [9.17, 15) is 17.2 Å². The number of hydrogen-bond acceptors (Lipinski definition) is 3. The van der Waals surface area contributed by atoms with E-state index in [4.69, 9.17) is 0 Å². The Kier molecular flexibility index (Phi) is 5.68. The van der Waals surface area contributed by atoms with Crippen molar-refractivity contribution in [3.05, 3.63) is 29.8 Å². The Bertz CT molecular complexity index is 457. The van der Waals surface area contributed by atoms with E-state index >= 15 is 0 Å². The van der Waals surface area contributed by atoms with Crippen LogP contribution in [0.3, 0.4) is 0 Å². The topological polar surface area (TPSA) is 43.4 Å². The number of aryl methyl sites for hydroxylation is 1. The van der Waals surface area contributed by atoms with E-state index in [0.717, 1.165) is 5.56 Å². The molecular weight excluding hydrogens is 262 g/mol. The molecule has 0 bridgehead atoms. The van der Waals surface area contributed by atoms with Crippen LogP contribution in [0.4, 0.5) is 8.78 Å². The van der Waals surface area contributed by atoms with Gasteiger partial charge >= 0.3 is 0 Å². The highest BCUT2D eigenvalue weighted by atomic mass is 32.2. The molecule has 1 unspecified atom stereocenters. The average Bonchev–Trinajstić information content (AvgIpc) is 2.34. The van der Waals surface area contributed by atoms with Gasteiger partial charge in [0.1, 0.15) is 6.17 Å². The Labute approximate surface area is 106 Å². The van der Waals surface area contributed by atoms with Gasteiger partial charge in [0, 0.05) is 0 Å². The van der Waals surface area contributed by atoms with Crippen molar-refractivity contribution < 1.29 is 21.4 Å². The van der Waals surface area contributed by atoms with E-state index < -0.39 is 29.6 Å². The summed E-state index contributed by atoms with van der Waals surface area (Å²) in [6.07, 6.45) is -1.45. The predicted octanol–water partition coefficient (Wildman–Crippen LogP) is 2.79. The van der Waals surface area contributed by atoms with Crippen molar-refractivity contribution in [2.75, 3.05) is 13.3 Å². The summed E-state index contributed by atoms with van der Waals surface area (Å²) in [6.45, 7) is 0.632. The largest absolute Gasteiger partial charge is 0.297 e. The van der Waals surface area contributed by atoms with Crippen molar-refractivity contribution in [3.63, 3.8) is 0 Å². The third-order valence-corrected chi connectivity index (χ3v) is 3.66. The molecule has 0 aliphatic rings. The standard InChI is InChI=1S/C12H16F2O3S/c1-10-4-6-12(7-5-10)18(15,16)17-9-11(14)3-2-8-13/h4-7,11H,2-3,8-9H2,1H3. The molecule has 0 spiro atoms. The molecule has 1 atom stereocenters. The Morgan fingerprint density at radius 2 is 1.89 bits per heavy atom. The Morgan fingerprint density at radius 1 is 1.28 bits per heavy atom. The van der Waals surface area contributed by atoms with E-state index in [2.05, 4.69) is 4.18 Å². The van der Waals surface area contributed by atoms with Crippen LogP contribution in [0.2, 0.25) is 0 Å². The molecule has 18 heavy (non-hydrogen) atoms. The van der Waals surface area contributed by atoms with Crippen LogP contribution >= 0.6 is 0 Å². The smallest absolute Gasteiger partial charge is 0.263 e. The van der Waals surface area contributed by atoms with Crippen molar-refractivity contribution in [1.82, 2.24) is 0 Å². The highest BCUT2D eigenvalue weighted by molar-refractivity contribution is 7.86. The average molecular weight is 278 g/mol. The second-order valence-corrected chi connectivity index (χ2v) is 5.60. The van der Waals surface area contributed by atoms with E-state index in [1.54, 1.807) is 12.1 Å². The maximum Gasteiger partial charge on any atom is 0.297 e. The van der Waals surface area contributed by atoms with Gasteiger partial charge in [-0.05, 0) is 31.9 Å². The Hall–Kier alpha value is -1.01. The van der Waals surface area contributed by atoms with Gasteiger partial charge in [0.25, 0.3) is 10.1 Å². The molecule has 1 rings (SSSR count). The molecule has 0 aromatic heterocycles. The molecule has 1 aromatic rings. The summed E-state index contributed by atoms with van der Waals surface area (Å²) in [7, 11) is -3.93. The summed E-state index contributed by atoms with van der Waals surface area (Å²) in [5, 5.41) is 0. The second kappa shape index (κ2) is 6.80. The van der Waals surface area contributed by atoms with Crippen molar-refractivity contribution in [1.29, 1.82) is 0 Å². The normalized spacial score (nSPS) is 13.5. The molecule has 0 aliphatic heterocycles. The van der Waals surface area contributed by atoms with Crippen molar-refractivity contribution >= 4 is 10.1 Å². The fraction of sp³-hybridized carbons (Fsp3) is 0.500. The summed E-state index contributed by atoms with van der Waals surface area (Å²) in [5.41, 5.74) is 0.917. The summed E-state index contributed by atoms with van der Waals surface area (Å²) >= 11 is 0. The number of hydrogen-bond donors (Lipinski definition) is 0. The van der Waals surface area contributed by atoms with E-state index in [1.807, 2.05) is 6.92 Å². The quantitative estimate of drug-likeness (QED) is 0.720. The summed E-state index contributed by atoms with van der Waals surface area (Å²) in [5.74, 6) is 0. The van der Waals surface area contributed by atoms with Crippen LogP contribution in [0.1, 0.15) is 18.4 Å². The number of rotatable bonds is 7. The number of alkyl halides is 2. The molecule has 1 aromatic carbocycles. The highest BCUT2D eigenvalue weighted by Gasteiger charge is 2.17. The van der Waals surface area contributed by atoms with Crippen molar-refractivity contribution in [2.24, 2.45) is 0 Å². The fourth-order valence-electron chi connectivity index (χ4n) is 1.32. The van der Waals surface area contributed by atoms with Crippen LogP contribution in [0, 0.1) is 6.92 Å². The van der Waals surface area contributed by atoms with E-state index in [0.29, 0.717) is 0 Å². The van der Waals surface area contributed by atoms with Crippen LogP contribution in [0.25, 0.3) is 0 Å². The maximum atomic E-state index is 13.1. The molecule has 102 valence electrons. The lowest BCUT2D eigenvalue weighted by molar-refractivity contribution is 0.186. The van der Waals surface area contributed by atoms with Gasteiger partial charge in [-0.1, -0.05) is 17.7 Å². The van der Waals surface area contributed by atoms with Crippen LogP contribution in [-0.4, -0.2) is 27.9 Å². The molecule has 0 saturated carbocycles. The first-order valence-electron chi connectivity index (χ1n) is 5.62. The van der Waals surface area contributed by atoms with Gasteiger partial charge in [0.05, 0.1) is 18.2 Å². The minimum Gasteiger partial charge on any atom is -0.263 e. The molecule has 0 N–H and O–H groups in total. The number of benzene rings is 1. The minimum absolute atomic E-state index is 0.00853. The SMILES string of the molecule is Cc1ccc(S(=O)(=O)OCC(F)CCCF)cc1. The lowest BCUT2D eigenvalue weighted by Crippen LogP contribution is -2.15. The minimum atomic E-state index is -3.93. The molecule has 0 radical (unpaired) electrons. The predicted molar refractivity (Wildman–Crippen MR) is 64.4 cm³/mol. The first kappa shape index (κ1) is 15.0. The van der Waals surface area contributed by atoms with Crippen molar-refractivity contribution in [2.45, 2.75) is 30.8 Å². The molecule has 0 aliphatic carbocycles. The molecule has 0 saturated heterocycles. The second-order valence-electron chi connectivity index (χ2n) is 3.98. The molecule has 6 heteroatoms. The van der Waals surface area contributed by atoms with Gasteiger partial charge in [0.15, 0.2) is 0 Å². The molecule has 3 nitrogen and oxygen atoms in total. The maximum absolute atomic E-state index is 13.1. The summed E-state index contributed by atoms with van der Waals surface area (Å²) in [6, 6.07) is 6.07. The molecule has 0 heterocycles. The molecular formula is C12H16F2O3S. The van der Waals surface area contributed by atoms with Gasteiger partial charge < -0.3 is 0 Å². The van der Waals surface area contributed by atoms with Gasteiger partial charge in [-0.25, -0.2) is 4.39 Å². The van der Waals surface area contributed by atoms with Gasteiger partial charge in [-0.3, -0.25) is 8.57 Å². The number of halogens is 2. The molecule has 0 amide bonds. The fourth-order valence-corrected chi connectivity index (χ4v) is 2.25. The summed E-state index contributed by atoms with van der Waals surface area (Å²) < 4.78 is 52.9. The Balaban J connectivity index is 2.57. The summed E-state index contributed by atoms with van der Waals surface area (Å²) in [4.78, 5) is -0.00853. The van der Waals surface area contributed by atoms with Crippen LogP contribution in [0.15, 0.2) is 29.2 Å². The zero-order valence-electron chi connectivity index (χ0n) is 10.1. The van der Waals surface area contributed by atoms with E-state index in [-0.39, 0.29) is 17.7 Å². The van der Waals surface area contributed by atoms with Gasteiger partial charge in [-0.2, -0.15) is 8.42 Å². The van der Waals surface area contributed by atoms with Crippen molar-refractivity contribution in [3.8, 4) is 0 Å². The lowest BCUT2D eigenvalue weighted by Gasteiger charge is -2.09. The third kappa shape index (κ3) is 4.70. The highest BCUT2D eigenvalue weighted by Crippen LogP contribution is 2.14. The van der Waals surface area contributed by atoms with Crippen LogP contribution < -0.4 is 0 Å². The van der Waals surface area contributed by atoms with E-state index in [1.165, 1.54) is 12.1 Å². The van der Waals surface area contributed by atoms with Crippen LogP contribution in [0.5, 0.6) is 0 Å². The van der Waals surface area contributed by atoms with Gasteiger partial charge in [-0.15, -0.1) is 0 Å². The monoisotopic (exact) mass is 278 g/mol. The van der Waals surface area contributed by atoms with Crippen LogP contribution in [-0.2, 0) is 14.3 Å². The third-order valence-electron chi connectivity index (χ3n) is 2.36. The first-order chi connectivity index (χ1) is 8.45. The first-order valence-corrected chi connectivity index (χ1v) is 7.02.